The van der Waals surface area contributed by atoms with E-state index in [0.717, 1.165) is 9.80 Å². The Morgan fingerprint density at radius 1 is 0.727 bits per heavy atom. The van der Waals surface area contributed by atoms with Gasteiger partial charge in [0.05, 0.1) is 25.6 Å². The zero-order valence-corrected chi connectivity index (χ0v) is 24.6. The summed E-state index contributed by atoms with van der Waals surface area (Å²) in [6.45, 7) is 2.85. The van der Waals surface area contributed by atoms with E-state index in [1.807, 2.05) is 0 Å². The molecule has 3 rings (SSSR count). The number of Topliss-reactive ketones (excluding diaryl/α,β-unsaturated/α-hetero) is 1. The Morgan fingerprint density at radius 3 is 1.66 bits per heavy atom. The lowest BCUT2D eigenvalue weighted by Gasteiger charge is -2.26. The molecule has 4 amide bonds. The molecule has 3 aromatic rings. The number of ketones is 1. The van der Waals surface area contributed by atoms with Crippen LogP contribution < -0.4 is 31.1 Å². The number of ether oxygens (including phenoxy) is 2. The summed E-state index contributed by atoms with van der Waals surface area (Å²) in [4.78, 5) is 62.2. The number of carboxylic acid groups (broad SMARTS) is 2. The van der Waals surface area contributed by atoms with Gasteiger partial charge in [0.1, 0.15) is 0 Å². The fourth-order valence-electron chi connectivity index (χ4n) is 4.53. The van der Waals surface area contributed by atoms with Crippen LogP contribution in [-0.4, -0.2) is 107 Å². The highest BCUT2D eigenvalue weighted by molar-refractivity contribution is 6.23. The van der Waals surface area contributed by atoms with Crippen molar-refractivity contribution < 1.29 is 48.1 Å². The molecule has 0 aliphatic heterocycles. The van der Waals surface area contributed by atoms with Crippen molar-refractivity contribution >= 4 is 63.3 Å². The number of benzene rings is 2. The molecular formula is C28H36N6O10. The molecule has 0 spiro atoms. The van der Waals surface area contributed by atoms with Crippen LogP contribution in [0.4, 0.5) is 30.6 Å². The van der Waals surface area contributed by atoms with Crippen molar-refractivity contribution in [2.75, 3.05) is 76.4 Å². The van der Waals surface area contributed by atoms with Gasteiger partial charge in [-0.15, -0.1) is 0 Å². The van der Waals surface area contributed by atoms with Crippen molar-refractivity contribution in [3.05, 3.63) is 36.1 Å². The Kier molecular flexibility index (Phi) is 12.1. The molecular weight excluding hydrogens is 580 g/mol. The van der Waals surface area contributed by atoms with E-state index in [2.05, 4.69) is 30.7 Å². The van der Waals surface area contributed by atoms with Crippen molar-refractivity contribution in [2.45, 2.75) is 6.92 Å². The molecule has 0 radical (unpaired) electrons. The van der Waals surface area contributed by atoms with Gasteiger partial charge in [-0.25, -0.2) is 19.2 Å². The molecule has 1 heterocycles. The number of anilines is 2. The zero-order chi connectivity index (χ0) is 32.2. The lowest BCUT2D eigenvalue weighted by Crippen LogP contribution is -2.39. The highest BCUT2D eigenvalue weighted by atomic mass is 16.5. The van der Waals surface area contributed by atoms with Crippen molar-refractivity contribution in [3.8, 4) is 0 Å². The maximum atomic E-state index is 12.6. The Balaban J connectivity index is 2.00. The second kappa shape index (κ2) is 15.9. The van der Waals surface area contributed by atoms with Crippen molar-refractivity contribution in [1.82, 2.24) is 21.3 Å². The SMILES string of the molecule is COC(=O)NCCNCCN(C(=O)O)c1c2ccccc2c(N(CCNCCNC(=O)OC)C(=O)O)c2oc(C(C)=O)cc12. The molecule has 44 heavy (non-hydrogen) atoms. The predicted octanol–water partition coefficient (Wildman–Crippen LogP) is 2.65. The average Bonchev–Trinajstić information content (AvgIpc) is 3.45. The van der Waals surface area contributed by atoms with Gasteiger partial charge in [-0.1, -0.05) is 24.3 Å². The lowest BCUT2D eigenvalue weighted by molar-refractivity contribution is 0.0989. The molecule has 0 aliphatic rings. The van der Waals surface area contributed by atoms with E-state index >= 15 is 0 Å². The number of carbonyl (C=O) groups is 5. The van der Waals surface area contributed by atoms with Gasteiger partial charge < -0.3 is 45.4 Å². The maximum Gasteiger partial charge on any atom is 0.412 e. The number of alkyl carbamates (subject to hydrolysis) is 2. The molecule has 1 aromatic heterocycles. The number of rotatable bonds is 15. The molecule has 0 bridgehead atoms. The van der Waals surface area contributed by atoms with Gasteiger partial charge in [-0.05, 0) is 6.07 Å². The van der Waals surface area contributed by atoms with Crippen molar-refractivity contribution in [1.29, 1.82) is 0 Å². The summed E-state index contributed by atoms with van der Waals surface area (Å²) < 4.78 is 15.0. The number of nitrogens with zero attached hydrogens (tertiary/aromatic N) is 2. The first-order valence-electron chi connectivity index (χ1n) is 13.7. The number of nitrogens with one attached hydrogen (secondary N) is 4. The molecule has 238 valence electrons. The van der Waals surface area contributed by atoms with E-state index in [-0.39, 0.29) is 67.4 Å². The number of carbonyl (C=O) groups excluding carboxylic acids is 3. The van der Waals surface area contributed by atoms with Gasteiger partial charge in [0.15, 0.2) is 17.1 Å². The first-order chi connectivity index (χ1) is 21.1. The van der Waals surface area contributed by atoms with Crippen LogP contribution in [0.5, 0.6) is 0 Å². The minimum absolute atomic E-state index is 0.0151. The minimum atomic E-state index is -1.29. The van der Waals surface area contributed by atoms with Gasteiger partial charge in [0.25, 0.3) is 0 Å². The Morgan fingerprint density at radius 2 is 1.20 bits per heavy atom. The van der Waals surface area contributed by atoms with Crippen LogP contribution in [0.15, 0.2) is 34.7 Å². The molecule has 0 unspecified atom stereocenters. The molecule has 0 saturated carbocycles. The monoisotopic (exact) mass is 616 g/mol. The first kappa shape index (κ1) is 33.4. The zero-order valence-electron chi connectivity index (χ0n) is 24.6. The van der Waals surface area contributed by atoms with Crippen LogP contribution in [0.1, 0.15) is 17.5 Å². The smallest absolute Gasteiger partial charge is 0.412 e. The van der Waals surface area contributed by atoms with Crippen molar-refractivity contribution in [3.63, 3.8) is 0 Å². The van der Waals surface area contributed by atoms with E-state index in [4.69, 9.17) is 4.42 Å². The van der Waals surface area contributed by atoms with Crippen LogP contribution in [-0.2, 0) is 9.47 Å². The number of methoxy groups -OCH3 is 2. The highest BCUT2D eigenvalue weighted by Crippen LogP contribution is 2.45. The largest absolute Gasteiger partial charge is 0.465 e. The van der Waals surface area contributed by atoms with E-state index in [1.165, 1.54) is 27.2 Å². The number of hydrogen-bond acceptors (Lipinski definition) is 10. The topological polar surface area (TPSA) is 212 Å². The summed E-state index contributed by atoms with van der Waals surface area (Å²) in [5.41, 5.74) is 0.432. The molecule has 0 atom stereocenters. The standard InChI is InChI=1S/C28H36N6O10/c1-17(35)21-16-20-22(33(27(38)39)14-12-29-8-10-31-25(36)42-2)18-6-4-5-7-19(18)23(24(20)44-21)34(28(40)41)15-13-30-9-11-32-26(37)43-3/h4-7,16,29-30H,8-15H2,1-3H3,(H,31,36)(H,32,37)(H,38,39)(H,40,41). The number of fused-ring (bicyclic) bond motifs is 2. The summed E-state index contributed by atoms with van der Waals surface area (Å²) in [6.07, 6.45) is -3.74. The second-order valence-electron chi connectivity index (χ2n) is 9.36. The summed E-state index contributed by atoms with van der Waals surface area (Å²) >= 11 is 0. The van der Waals surface area contributed by atoms with Crippen molar-refractivity contribution in [2.24, 2.45) is 0 Å². The van der Waals surface area contributed by atoms with Crippen LogP contribution in [0.25, 0.3) is 21.7 Å². The fourth-order valence-corrected chi connectivity index (χ4v) is 4.53. The summed E-state index contributed by atoms with van der Waals surface area (Å²) in [6, 6.07) is 8.14. The van der Waals surface area contributed by atoms with Gasteiger partial charge in [-0.3, -0.25) is 14.6 Å². The van der Waals surface area contributed by atoms with Gasteiger partial charge in [0.2, 0.25) is 0 Å². The number of furan rings is 1. The highest BCUT2D eigenvalue weighted by Gasteiger charge is 2.29. The number of hydrogen-bond donors (Lipinski definition) is 6. The average molecular weight is 617 g/mol. The molecule has 0 aliphatic carbocycles. The summed E-state index contributed by atoms with van der Waals surface area (Å²) in [5, 5.41) is 32.7. The quantitative estimate of drug-likeness (QED) is 0.0826. The van der Waals surface area contributed by atoms with E-state index in [0.29, 0.717) is 23.9 Å². The summed E-state index contributed by atoms with van der Waals surface area (Å²) in [7, 11) is 2.49. The van der Waals surface area contributed by atoms with E-state index in [9.17, 15) is 34.2 Å². The Labute approximate surface area is 252 Å². The second-order valence-corrected chi connectivity index (χ2v) is 9.36. The molecule has 6 N–H and O–H groups in total. The van der Waals surface area contributed by atoms with Gasteiger partial charge in [-0.2, -0.15) is 0 Å². The van der Waals surface area contributed by atoms with Gasteiger partial charge in [0, 0.05) is 75.4 Å². The van der Waals surface area contributed by atoms with Crippen LogP contribution >= 0.6 is 0 Å². The minimum Gasteiger partial charge on any atom is -0.465 e. The molecule has 2 aromatic carbocycles. The lowest BCUT2D eigenvalue weighted by atomic mass is 10.0. The Hall–Kier alpha value is -5.09. The molecule has 16 heteroatoms. The van der Waals surface area contributed by atoms with E-state index in [1.54, 1.807) is 24.3 Å². The third-order valence-corrected chi connectivity index (χ3v) is 6.53. The number of amides is 4. The molecule has 0 saturated heterocycles. The predicted molar refractivity (Wildman–Crippen MR) is 161 cm³/mol. The van der Waals surface area contributed by atoms with Crippen LogP contribution in [0, 0.1) is 0 Å². The fraction of sp³-hybridized carbons (Fsp3) is 0.393. The normalized spacial score (nSPS) is 10.8. The summed E-state index contributed by atoms with van der Waals surface area (Å²) in [5.74, 6) is -0.488. The van der Waals surface area contributed by atoms with Gasteiger partial charge >= 0.3 is 24.4 Å². The third kappa shape index (κ3) is 8.26. The maximum absolute atomic E-state index is 12.6. The van der Waals surface area contributed by atoms with E-state index < -0.39 is 30.2 Å². The van der Waals surface area contributed by atoms with Crippen LogP contribution in [0.3, 0.4) is 0 Å². The molecule has 16 nitrogen and oxygen atoms in total. The van der Waals surface area contributed by atoms with Crippen LogP contribution in [0.2, 0.25) is 0 Å². The Bertz CT molecular complexity index is 1400. The third-order valence-electron chi connectivity index (χ3n) is 6.53. The molecule has 0 fully saturated rings. The first-order valence-corrected chi connectivity index (χ1v) is 13.7.